The number of hydrogen-bond donors (Lipinski definition) is 0. The van der Waals surface area contributed by atoms with Gasteiger partial charge in [0.05, 0.1) is 12.6 Å². The number of carbonyl (C=O) groups is 1. The summed E-state index contributed by atoms with van der Waals surface area (Å²) >= 11 is 0. The molecule has 2 aliphatic rings. The van der Waals surface area contributed by atoms with E-state index in [9.17, 15) is 4.79 Å². The lowest BCUT2D eigenvalue weighted by Crippen LogP contribution is -2.42. The van der Waals surface area contributed by atoms with Crippen molar-refractivity contribution < 1.29 is 9.53 Å². The molecule has 0 N–H and O–H groups in total. The van der Waals surface area contributed by atoms with Crippen molar-refractivity contribution in [1.29, 1.82) is 0 Å². The summed E-state index contributed by atoms with van der Waals surface area (Å²) in [6.07, 6.45) is 5.62. The molecule has 1 aliphatic heterocycles. The molecular formula is C15H27NO2. The Morgan fingerprint density at radius 3 is 2.33 bits per heavy atom. The van der Waals surface area contributed by atoms with Gasteiger partial charge in [0.15, 0.2) is 0 Å². The van der Waals surface area contributed by atoms with Crippen molar-refractivity contribution in [2.24, 2.45) is 17.8 Å². The molecule has 0 aromatic heterocycles. The predicted octanol–water partition coefficient (Wildman–Crippen LogP) is 2.70. The first-order chi connectivity index (χ1) is 8.59. The van der Waals surface area contributed by atoms with Crippen LogP contribution in [0.2, 0.25) is 0 Å². The zero-order chi connectivity index (χ0) is 13.1. The summed E-state index contributed by atoms with van der Waals surface area (Å²) in [4.78, 5) is 14.4. The quantitative estimate of drug-likeness (QED) is 0.774. The number of ether oxygens (including phenoxy) is 1. The Balaban J connectivity index is 1.83. The molecule has 1 saturated heterocycles. The van der Waals surface area contributed by atoms with Crippen LogP contribution in [0.3, 0.4) is 0 Å². The van der Waals surface area contributed by atoms with Crippen LogP contribution in [-0.2, 0) is 9.53 Å². The van der Waals surface area contributed by atoms with Gasteiger partial charge in [-0.25, -0.2) is 0 Å². The van der Waals surface area contributed by atoms with Gasteiger partial charge in [0.25, 0.3) is 0 Å². The maximum atomic E-state index is 12.4. The van der Waals surface area contributed by atoms with Crippen LogP contribution in [-0.4, -0.2) is 37.1 Å². The van der Waals surface area contributed by atoms with Crippen LogP contribution in [0.15, 0.2) is 0 Å². The van der Waals surface area contributed by atoms with E-state index < -0.39 is 0 Å². The number of amides is 1. The van der Waals surface area contributed by atoms with Gasteiger partial charge >= 0.3 is 0 Å². The fourth-order valence-corrected chi connectivity index (χ4v) is 3.33. The first-order valence-electron chi connectivity index (χ1n) is 7.44. The van der Waals surface area contributed by atoms with E-state index in [1.807, 2.05) is 11.9 Å². The third-order valence-corrected chi connectivity index (χ3v) is 4.86. The molecule has 1 heterocycles. The second kappa shape index (κ2) is 6.05. The average molecular weight is 253 g/mol. The van der Waals surface area contributed by atoms with Gasteiger partial charge in [-0.2, -0.15) is 0 Å². The van der Waals surface area contributed by atoms with E-state index in [1.54, 1.807) is 0 Å². The number of likely N-dealkylation sites (N-methyl/N-ethyl adjacent to an activating group) is 1. The zero-order valence-corrected chi connectivity index (χ0v) is 12.0. The lowest BCUT2D eigenvalue weighted by atomic mass is 9.76. The Morgan fingerprint density at radius 2 is 1.83 bits per heavy atom. The Bertz CT molecular complexity index is 276. The molecule has 0 aromatic carbocycles. The van der Waals surface area contributed by atoms with Crippen molar-refractivity contribution in [3.63, 3.8) is 0 Å². The second-order valence-corrected chi connectivity index (χ2v) is 6.32. The van der Waals surface area contributed by atoms with E-state index in [1.165, 1.54) is 12.8 Å². The van der Waals surface area contributed by atoms with Gasteiger partial charge in [-0.1, -0.05) is 13.8 Å². The van der Waals surface area contributed by atoms with Crippen LogP contribution < -0.4 is 0 Å². The number of hydrogen-bond acceptors (Lipinski definition) is 2. The topological polar surface area (TPSA) is 29.5 Å². The van der Waals surface area contributed by atoms with E-state index in [-0.39, 0.29) is 5.92 Å². The van der Waals surface area contributed by atoms with Gasteiger partial charge in [0.2, 0.25) is 5.91 Å². The number of rotatable bonds is 3. The van der Waals surface area contributed by atoms with Crippen molar-refractivity contribution in [2.75, 3.05) is 20.3 Å². The Morgan fingerprint density at radius 1 is 1.17 bits per heavy atom. The molecule has 1 atom stereocenters. The van der Waals surface area contributed by atoms with E-state index in [2.05, 4.69) is 13.8 Å². The standard InChI is InChI=1S/C15H27NO2/c1-11(2)12-4-6-13(7-5-12)15(17)16(3)14-8-9-18-10-14/h11-14H,4-10H2,1-3H3. The highest BCUT2D eigenvalue weighted by molar-refractivity contribution is 5.79. The molecule has 0 aromatic rings. The fourth-order valence-electron chi connectivity index (χ4n) is 3.33. The Kier molecular flexibility index (Phi) is 4.66. The SMILES string of the molecule is CC(C)C1CCC(C(=O)N(C)C2CCOC2)CC1. The van der Waals surface area contributed by atoms with Crippen molar-refractivity contribution in [3.8, 4) is 0 Å². The molecule has 1 aliphatic carbocycles. The third kappa shape index (κ3) is 3.05. The molecule has 1 amide bonds. The first-order valence-corrected chi connectivity index (χ1v) is 7.44. The maximum absolute atomic E-state index is 12.4. The third-order valence-electron chi connectivity index (χ3n) is 4.86. The summed E-state index contributed by atoms with van der Waals surface area (Å²) in [6.45, 7) is 6.13. The summed E-state index contributed by atoms with van der Waals surface area (Å²) < 4.78 is 5.37. The van der Waals surface area contributed by atoms with Gasteiger partial charge in [0.1, 0.15) is 0 Å². The molecule has 104 valence electrons. The largest absolute Gasteiger partial charge is 0.379 e. The van der Waals surface area contributed by atoms with E-state index in [4.69, 9.17) is 4.74 Å². The lowest BCUT2D eigenvalue weighted by molar-refractivity contribution is -0.137. The Labute approximate surface area is 111 Å². The molecule has 18 heavy (non-hydrogen) atoms. The highest BCUT2D eigenvalue weighted by Gasteiger charge is 2.32. The molecule has 0 spiro atoms. The molecule has 3 nitrogen and oxygen atoms in total. The normalized spacial score (nSPS) is 32.8. The monoisotopic (exact) mass is 253 g/mol. The number of carbonyl (C=O) groups excluding carboxylic acids is 1. The summed E-state index contributed by atoms with van der Waals surface area (Å²) in [7, 11) is 1.95. The molecule has 0 radical (unpaired) electrons. The van der Waals surface area contributed by atoms with Gasteiger partial charge in [-0.3, -0.25) is 4.79 Å². The van der Waals surface area contributed by atoms with Gasteiger partial charge in [-0.15, -0.1) is 0 Å². The maximum Gasteiger partial charge on any atom is 0.225 e. The average Bonchev–Trinajstić information content (AvgIpc) is 2.91. The Hall–Kier alpha value is -0.570. The van der Waals surface area contributed by atoms with Crippen LogP contribution in [0.4, 0.5) is 0 Å². The van der Waals surface area contributed by atoms with Gasteiger partial charge < -0.3 is 9.64 Å². The molecular weight excluding hydrogens is 226 g/mol. The van der Waals surface area contributed by atoms with Crippen LogP contribution in [0.1, 0.15) is 46.0 Å². The lowest BCUT2D eigenvalue weighted by Gasteiger charge is -2.33. The van der Waals surface area contributed by atoms with Crippen LogP contribution in [0.25, 0.3) is 0 Å². The molecule has 0 bridgehead atoms. The van der Waals surface area contributed by atoms with Crippen molar-refractivity contribution >= 4 is 5.91 Å². The fraction of sp³-hybridized carbons (Fsp3) is 0.933. The van der Waals surface area contributed by atoms with Crippen LogP contribution in [0, 0.1) is 17.8 Å². The molecule has 3 heteroatoms. The smallest absolute Gasteiger partial charge is 0.225 e. The summed E-state index contributed by atoms with van der Waals surface area (Å²) in [5, 5.41) is 0. The van der Waals surface area contributed by atoms with Crippen molar-refractivity contribution in [2.45, 2.75) is 52.0 Å². The summed E-state index contributed by atoms with van der Waals surface area (Å²) in [6, 6.07) is 0.320. The zero-order valence-electron chi connectivity index (χ0n) is 12.0. The predicted molar refractivity (Wildman–Crippen MR) is 72.3 cm³/mol. The minimum absolute atomic E-state index is 0.269. The summed E-state index contributed by atoms with van der Waals surface area (Å²) in [5.74, 6) is 2.22. The molecule has 1 saturated carbocycles. The van der Waals surface area contributed by atoms with E-state index in [0.29, 0.717) is 11.9 Å². The van der Waals surface area contributed by atoms with E-state index >= 15 is 0 Å². The number of nitrogens with zero attached hydrogens (tertiary/aromatic N) is 1. The molecule has 2 rings (SSSR count). The van der Waals surface area contributed by atoms with Crippen molar-refractivity contribution in [1.82, 2.24) is 4.90 Å². The minimum atomic E-state index is 0.269. The van der Waals surface area contributed by atoms with Crippen LogP contribution in [0.5, 0.6) is 0 Å². The highest BCUT2D eigenvalue weighted by Crippen LogP contribution is 2.34. The molecule has 1 unspecified atom stereocenters. The second-order valence-electron chi connectivity index (χ2n) is 6.32. The van der Waals surface area contributed by atoms with Crippen molar-refractivity contribution in [3.05, 3.63) is 0 Å². The van der Waals surface area contributed by atoms with Gasteiger partial charge in [0, 0.05) is 19.6 Å². The first kappa shape index (κ1) is 13.9. The van der Waals surface area contributed by atoms with Crippen LogP contribution >= 0.6 is 0 Å². The molecule has 2 fully saturated rings. The summed E-state index contributed by atoms with van der Waals surface area (Å²) in [5.41, 5.74) is 0. The minimum Gasteiger partial charge on any atom is -0.379 e. The highest BCUT2D eigenvalue weighted by atomic mass is 16.5. The van der Waals surface area contributed by atoms with Gasteiger partial charge in [-0.05, 0) is 43.9 Å². The van der Waals surface area contributed by atoms with E-state index in [0.717, 1.165) is 44.3 Å².